The maximum Gasteiger partial charge on any atom is 0.262 e. The van der Waals surface area contributed by atoms with Gasteiger partial charge in [-0.1, -0.05) is 6.42 Å². The van der Waals surface area contributed by atoms with Gasteiger partial charge in [0.2, 0.25) is 0 Å². The Labute approximate surface area is 201 Å². The fourth-order valence-electron chi connectivity index (χ4n) is 4.14. The lowest BCUT2D eigenvalue weighted by molar-refractivity contribution is 0.0999. The molecule has 0 unspecified atom stereocenters. The lowest BCUT2D eigenvalue weighted by atomic mass is 10.1. The molecule has 1 heterocycles. The standard InChI is InChI=1S/C28H32N2O4/c1-32-25-12-6-22(7-13-25)28(31)30(23-8-14-26(33-2)15-9-23)24-10-16-27(17-11-24)34-21-20-29-18-4-3-5-19-29/h6-17H,3-5,18-21H2,1-2H3. The summed E-state index contributed by atoms with van der Waals surface area (Å²) in [5.74, 6) is 2.11. The summed E-state index contributed by atoms with van der Waals surface area (Å²) < 4.78 is 16.5. The van der Waals surface area contributed by atoms with Gasteiger partial charge in [-0.2, -0.15) is 0 Å². The number of hydrogen-bond donors (Lipinski definition) is 0. The van der Waals surface area contributed by atoms with Crippen LogP contribution in [0.5, 0.6) is 17.2 Å². The molecule has 178 valence electrons. The zero-order valence-electron chi connectivity index (χ0n) is 19.9. The molecule has 0 spiro atoms. The lowest BCUT2D eigenvalue weighted by Crippen LogP contribution is -2.33. The van der Waals surface area contributed by atoms with Crippen LogP contribution in [0.1, 0.15) is 29.6 Å². The second kappa shape index (κ2) is 11.6. The molecule has 1 fully saturated rings. The van der Waals surface area contributed by atoms with Crippen LogP contribution in [-0.2, 0) is 0 Å². The Bertz CT molecular complexity index is 1040. The Morgan fingerprint density at radius 2 is 1.24 bits per heavy atom. The van der Waals surface area contributed by atoms with E-state index in [1.165, 1.54) is 19.3 Å². The second-order valence-corrected chi connectivity index (χ2v) is 8.31. The summed E-state index contributed by atoms with van der Waals surface area (Å²) in [5, 5.41) is 0. The fourth-order valence-corrected chi connectivity index (χ4v) is 4.14. The van der Waals surface area contributed by atoms with Gasteiger partial charge in [0.25, 0.3) is 5.91 Å². The third-order valence-electron chi connectivity index (χ3n) is 6.09. The highest BCUT2D eigenvalue weighted by Crippen LogP contribution is 2.31. The van der Waals surface area contributed by atoms with Crippen LogP contribution in [0.3, 0.4) is 0 Å². The van der Waals surface area contributed by atoms with Crippen LogP contribution < -0.4 is 19.1 Å². The zero-order valence-corrected chi connectivity index (χ0v) is 19.9. The quantitative estimate of drug-likeness (QED) is 0.419. The number of amides is 1. The summed E-state index contributed by atoms with van der Waals surface area (Å²) in [7, 11) is 3.23. The van der Waals surface area contributed by atoms with Crippen LogP contribution in [0.25, 0.3) is 0 Å². The zero-order chi connectivity index (χ0) is 23.8. The molecular formula is C28H32N2O4. The summed E-state index contributed by atoms with van der Waals surface area (Å²) in [4.78, 5) is 17.7. The molecule has 6 nitrogen and oxygen atoms in total. The number of carbonyl (C=O) groups is 1. The van der Waals surface area contributed by atoms with Crippen molar-refractivity contribution in [3.8, 4) is 17.2 Å². The monoisotopic (exact) mass is 460 g/mol. The Kier molecular flexibility index (Phi) is 8.04. The van der Waals surface area contributed by atoms with E-state index in [0.717, 1.165) is 42.5 Å². The summed E-state index contributed by atoms with van der Waals surface area (Å²) in [5.41, 5.74) is 2.08. The molecule has 3 aromatic carbocycles. The first-order valence-electron chi connectivity index (χ1n) is 11.8. The van der Waals surface area contributed by atoms with E-state index in [0.29, 0.717) is 17.9 Å². The number of benzene rings is 3. The largest absolute Gasteiger partial charge is 0.497 e. The van der Waals surface area contributed by atoms with E-state index < -0.39 is 0 Å². The minimum atomic E-state index is -0.133. The molecule has 0 saturated carbocycles. The molecule has 0 aromatic heterocycles. The average molecular weight is 461 g/mol. The summed E-state index contributed by atoms with van der Waals surface area (Å²) >= 11 is 0. The number of ether oxygens (including phenoxy) is 3. The van der Waals surface area contributed by atoms with Gasteiger partial charge in [0.1, 0.15) is 23.9 Å². The molecule has 34 heavy (non-hydrogen) atoms. The molecule has 1 saturated heterocycles. The van der Waals surface area contributed by atoms with Gasteiger partial charge in [-0.15, -0.1) is 0 Å². The van der Waals surface area contributed by atoms with Gasteiger partial charge in [-0.3, -0.25) is 14.6 Å². The number of piperidine rings is 1. The van der Waals surface area contributed by atoms with Crippen LogP contribution in [0.2, 0.25) is 0 Å². The smallest absolute Gasteiger partial charge is 0.262 e. The van der Waals surface area contributed by atoms with E-state index >= 15 is 0 Å². The molecule has 0 radical (unpaired) electrons. The predicted molar refractivity (Wildman–Crippen MR) is 135 cm³/mol. The predicted octanol–water partition coefficient (Wildman–Crippen LogP) is 5.55. The Morgan fingerprint density at radius 1 is 0.735 bits per heavy atom. The Morgan fingerprint density at radius 3 is 1.76 bits per heavy atom. The molecule has 4 rings (SSSR count). The minimum Gasteiger partial charge on any atom is -0.497 e. The molecule has 1 amide bonds. The third kappa shape index (κ3) is 5.88. The number of likely N-dealkylation sites (tertiary alicyclic amines) is 1. The van der Waals surface area contributed by atoms with Crippen LogP contribution in [0.4, 0.5) is 11.4 Å². The second-order valence-electron chi connectivity index (χ2n) is 8.31. The minimum absolute atomic E-state index is 0.133. The summed E-state index contributed by atoms with van der Waals surface area (Å²) in [6.45, 7) is 3.92. The van der Waals surface area contributed by atoms with Gasteiger partial charge >= 0.3 is 0 Å². The van der Waals surface area contributed by atoms with E-state index in [1.807, 2.05) is 48.5 Å². The first-order chi connectivity index (χ1) is 16.7. The van der Waals surface area contributed by atoms with Crippen molar-refractivity contribution in [1.82, 2.24) is 4.90 Å². The van der Waals surface area contributed by atoms with Crippen molar-refractivity contribution >= 4 is 17.3 Å². The van der Waals surface area contributed by atoms with Crippen LogP contribution in [-0.4, -0.2) is 51.3 Å². The Hall–Kier alpha value is -3.51. The molecular weight excluding hydrogens is 428 g/mol. The van der Waals surface area contributed by atoms with Crippen molar-refractivity contribution in [3.63, 3.8) is 0 Å². The van der Waals surface area contributed by atoms with Gasteiger partial charge in [0.05, 0.1) is 14.2 Å². The highest BCUT2D eigenvalue weighted by atomic mass is 16.5. The Balaban J connectivity index is 1.52. The van der Waals surface area contributed by atoms with E-state index in [9.17, 15) is 4.79 Å². The van der Waals surface area contributed by atoms with E-state index in [-0.39, 0.29) is 5.91 Å². The number of rotatable bonds is 9. The van der Waals surface area contributed by atoms with Crippen LogP contribution in [0.15, 0.2) is 72.8 Å². The van der Waals surface area contributed by atoms with Crippen LogP contribution in [0, 0.1) is 0 Å². The van der Waals surface area contributed by atoms with Crippen molar-refractivity contribution in [2.45, 2.75) is 19.3 Å². The number of hydrogen-bond acceptors (Lipinski definition) is 5. The lowest BCUT2D eigenvalue weighted by Gasteiger charge is -2.26. The topological polar surface area (TPSA) is 51.2 Å². The van der Waals surface area contributed by atoms with Gasteiger partial charge in [0.15, 0.2) is 0 Å². The average Bonchev–Trinajstić information content (AvgIpc) is 2.91. The SMILES string of the molecule is COc1ccc(C(=O)N(c2ccc(OC)cc2)c2ccc(OCCN3CCCCC3)cc2)cc1. The number of methoxy groups -OCH3 is 2. The molecule has 1 aliphatic heterocycles. The molecule has 6 heteroatoms. The highest BCUT2D eigenvalue weighted by Gasteiger charge is 2.20. The first kappa shape index (κ1) is 23.6. The van der Waals surface area contributed by atoms with Crippen molar-refractivity contribution in [3.05, 3.63) is 78.4 Å². The first-order valence-corrected chi connectivity index (χ1v) is 11.8. The molecule has 0 aliphatic carbocycles. The van der Waals surface area contributed by atoms with E-state index in [4.69, 9.17) is 14.2 Å². The van der Waals surface area contributed by atoms with Crippen LogP contribution >= 0.6 is 0 Å². The van der Waals surface area contributed by atoms with Gasteiger partial charge in [0, 0.05) is 23.5 Å². The van der Waals surface area contributed by atoms with Crippen molar-refractivity contribution in [2.24, 2.45) is 0 Å². The summed E-state index contributed by atoms with van der Waals surface area (Å²) in [6, 6.07) is 22.3. The van der Waals surface area contributed by atoms with Crippen molar-refractivity contribution in [2.75, 3.05) is 45.4 Å². The number of nitrogens with zero attached hydrogens (tertiary/aromatic N) is 2. The normalized spacial score (nSPS) is 13.8. The molecule has 0 N–H and O–H groups in total. The van der Waals surface area contributed by atoms with E-state index in [1.54, 1.807) is 43.4 Å². The molecule has 1 aliphatic rings. The molecule has 0 bridgehead atoms. The highest BCUT2D eigenvalue weighted by molar-refractivity contribution is 6.11. The van der Waals surface area contributed by atoms with Gasteiger partial charge < -0.3 is 14.2 Å². The molecule has 0 atom stereocenters. The van der Waals surface area contributed by atoms with E-state index in [2.05, 4.69) is 4.90 Å². The third-order valence-corrected chi connectivity index (χ3v) is 6.09. The maximum absolute atomic E-state index is 13.5. The maximum atomic E-state index is 13.5. The van der Waals surface area contributed by atoms with Crippen molar-refractivity contribution in [1.29, 1.82) is 0 Å². The van der Waals surface area contributed by atoms with Gasteiger partial charge in [-0.25, -0.2) is 0 Å². The molecule has 3 aromatic rings. The fraction of sp³-hybridized carbons (Fsp3) is 0.321. The summed E-state index contributed by atoms with van der Waals surface area (Å²) in [6.07, 6.45) is 3.88. The number of carbonyl (C=O) groups excluding carboxylic acids is 1. The van der Waals surface area contributed by atoms with Gasteiger partial charge in [-0.05, 0) is 98.7 Å². The number of anilines is 2. The van der Waals surface area contributed by atoms with Crippen molar-refractivity contribution < 1.29 is 19.0 Å².